The lowest BCUT2D eigenvalue weighted by Crippen LogP contribution is -2.39. The molecule has 5 nitrogen and oxygen atoms in total. The van der Waals surface area contributed by atoms with E-state index < -0.39 is 9.84 Å². The van der Waals surface area contributed by atoms with E-state index in [-0.39, 0.29) is 11.2 Å². The van der Waals surface area contributed by atoms with E-state index in [1.807, 2.05) is 6.92 Å². The van der Waals surface area contributed by atoms with Crippen LogP contribution in [0.5, 0.6) is 0 Å². The highest BCUT2D eigenvalue weighted by molar-refractivity contribution is 7.90. The van der Waals surface area contributed by atoms with Crippen molar-refractivity contribution in [1.29, 1.82) is 0 Å². The highest BCUT2D eigenvalue weighted by Gasteiger charge is 2.20. The summed E-state index contributed by atoms with van der Waals surface area (Å²) in [4.78, 5) is 4.67. The molecule has 0 spiro atoms. The summed E-state index contributed by atoms with van der Waals surface area (Å²) in [5.41, 5.74) is 2.40. The molecule has 0 aromatic heterocycles. The van der Waals surface area contributed by atoms with Crippen molar-refractivity contribution >= 4 is 15.8 Å². The van der Waals surface area contributed by atoms with E-state index in [1.165, 1.54) is 17.4 Å². The molecule has 0 bridgehead atoms. The largest absolute Gasteiger partial charge is 0.357 e. The lowest BCUT2D eigenvalue weighted by atomic mass is 9.90. The van der Waals surface area contributed by atoms with Crippen LogP contribution in [0.1, 0.15) is 51.2 Å². The van der Waals surface area contributed by atoms with Gasteiger partial charge in [0.05, 0.1) is 5.75 Å². The molecule has 0 fully saturated rings. The normalized spacial score (nSPS) is 14.2. The van der Waals surface area contributed by atoms with Crippen LogP contribution in [0.3, 0.4) is 0 Å². The molecule has 1 aromatic carbocycles. The van der Waals surface area contributed by atoms with Crippen molar-refractivity contribution in [3.05, 3.63) is 35.4 Å². The second-order valence-electron chi connectivity index (χ2n) is 7.93. The average Bonchev–Trinajstić information content (AvgIpc) is 2.55. The first-order valence-corrected chi connectivity index (χ1v) is 11.3. The van der Waals surface area contributed by atoms with E-state index in [2.05, 4.69) is 67.6 Å². The zero-order chi connectivity index (χ0) is 19.8. The van der Waals surface area contributed by atoms with Gasteiger partial charge in [-0.15, -0.1) is 0 Å². The topological polar surface area (TPSA) is 70.6 Å². The molecule has 0 saturated carbocycles. The molecule has 1 unspecified atom stereocenters. The second kappa shape index (κ2) is 9.95. The summed E-state index contributed by atoms with van der Waals surface area (Å²) < 4.78 is 22.8. The minimum Gasteiger partial charge on any atom is -0.357 e. The first-order valence-electron chi connectivity index (χ1n) is 9.29. The monoisotopic (exact) mass is 381 g/mol. The Labute approximate surface area is 159 Å². The Morgan fingerprint density at radius 3 is 2.35 bits per heavy atom. The quantitative estimate of drug-likeness (QED) is 0.509. The molecular formula is C20H35N3O2S. The molecule has 0 saturated heterocycles. The predicted molar refractivity (Wildman–Crippen MR) is 112 cm³/mol. The van der Waals surface area contributed by atoms with Gasteiger partial charge in [0.1, 0.15) is 9.84 Å². The third-order valence-electron chi connectivity index (χ3n) is 4.38. The minimum absolute atomic E-state index is 0.159. The predicted octanol–water partition coefficient (Wildman–Crippen LogP) is 3.11. The average molecular weight is 382 g/mol. The SMILES string of the molecule is CCNC(=NCC(C)(C)CCS(C)(=O)=O)NCC(C)c1ccc(C)cc1. The summed E-state index contributed by atoms with van der Waals surface area (Å²) in [5.74, 6) is 1.35. The fraction of sp³-hybridized carbons (Fsp3) is 0.650. The van der Waals surface area contributed by atoms with Crippen molar-refractivity contribution in [3.8, 4) is 0 Å². The van der Waals surface area contributed by atoms with E-state index >= 15 is 0 Å². The number of hydrogen-bond acceptors (Lipinski definition) is 3. The maximum atomic E-state index is 11.4. The molecule has 1 rings (SSSR count). The van der Waals surface area contributed by atoms with Gasteiger partial charge >= 0.3 is 0 Å². The number of aryl methyl sites for hydroxylation is 1. The first kappa shape index (κ1) is 22.5. The van der Waals surface area contributed by atoms with Crippen LogP contribution in [0.25, 0.3) is 0 Å². The Bertz CT molecular complexity index is 680. The van der Waals surface area contributed by atoms with Crippen molar-refractivity contribution in [2.45, 2.75) is 47.0 Å². The number of rotatable bonds is 9. The third kappa shape index (κ3) is 9.22. The van der Waals surface area contributed by atoms with Crippen molar-refractivity contribution in [2.75, 3.05) is 31.6 Å². The number of hydrogen-bond donors (Lipinski definition) is 2. The molecule has 0 radical (unpaired) electrons. The zero-order valence-corrected chi connectivity index (χ0v) is 17.9. The van der Waals surface area contributed by atoms with Gasteiger partial charge in [0.2, 0.25) is 0 Å². The van der Waals surface area contributed by atoms with Gasteiger partial charge in [0, 0.05) is 25.9 Å². The van der Waals surface area contributed by atoms with Gasteiger partial charge in [0.25, 0.3) is 0 Å². The van der Waals surface area contributed by atoms with Crippen LogP contribution >= 0.6 is 0 Å². The summed E-state index contributed by atoms with van der Waals surface area (Å²) in [6, 6.07) is 8.60. The lowest BCUT2D eigenvalue weighted by molar-refractivity contribution is 0.365. The number of nitrogens with zero attached hydrogens (tertiary/aromatic N) is 1. The van der Waals surface area contributed by atoms with Gasteiger partial charge in [-0.1, -0.05) is 50.6 Å². The molecular weight excluding hydrogens is 346 g/mol. The molecule has 0 amide bonds. The fourth-order valence-corrected chi connectivity index (χ4v) is 3.36. The first-order chi connectivity index (χ1) is 12.0. The highest BCUT2D eigenvalue weighted by atomic mass is 32.2. The molecule has 0 aliphatic heterocycles. The number of aliphatic imine (C=N–C) groups is 1. The van der Waals surface area contributed by atoms with Crippen LogP contribution in [-0.4, -0.2) is 46.0 Å². The number of nitrogens with one attached hydrogen (secondary N) is 2. The Morgan fingerprint density at radius 2 is 1.81 bits per heavy atom. The van der Waals surface area contributed by atoms with Crippen molar-refractivity contribution in [3.63, 3.8) is 0 Å². The number of benzene rings is 1. The van der Waals surface area contributed by atoms with Gasteiger partial charge in [-0.2, -0.15) is 0 Å². The molecule has 0 aliphatic rings. The summed E-state index contributed by atoms with van der Waals surface area (Å²) in [7, 11) is -2.94. The smallest absolute Gasteiger partial charge is 0.191 e. The minimum atomic E-state index is -2.94. The van der Waals surface area contributed by atoms with E-state index in [4.69, 9.17) is 0 Å². The van der Waals surface area contributed by atoms with Crippen LogP contribution in [0.15, 0.2) is 29.3 Å². The van der Waals surface area contributed by atoms with E-state index in [1.54, 1.807) is 0 Å². The molecule has 26 heavy (non-hydrogen) atoms. The summed E-state index contributed by atoms with van der Waals surface area (Å²) >= 11 is 0. The third-order valence-corrected chi connectivity index (χ3v) is 5.33. The van der Waals surface area contributed by atoms with Gasteiger partial charge in [-0.05, 0) is 37.2 Å². The molecule has 1 atom stereocenters. The van der Waals surface area contributed by atoms with Crippen LogP contribution < -0.4 is 10.6 Å². The molecule has 148 valence electrons. The maximum Gasteiger partial charge on any atom is 0.191 e. The van der Waals surface area contributed by atoms with Crippen molar-refractivity contribution in [1.82, 2.24) is 10.6 Å². The van der Waals surface area contributed by atoms with Crippen molar-refractivity contribution in [2.24, 2.45) is 10.4 Å². The molecule has 0 aliphatic carbocycles. The molecule has 0 heterocycles. The molecule has 1 aromatic rings. The molecule has 2 N–H and O–H groups in total. The lowest BCUT2D eigenvalue weighted by Gasteiger charge is -2.23. The maximum absolute atomic E-state index is 11.4. The fourth-order valence-electron chi connectivity index (χ4n) is 2.44. The molecule has 6 heteroatoms. The Morgan fingerprint density at radius 1 is 1.19 bits per heavy atom. The number of sulfone groups is 1. The van der Waals surface area contributed by atoms with E-state index in [0.717, 1.165) is 19.0 Å². The van der Waals surface area contributed by atoms with Crippen LogP contribution in [-0.2, 0) is 9.84 Å². The van der Waals surface area contributed by atoms with E-state index in [0.29, 0.717) is 18.9 Å². The van der Waals surface area contributed by atoms with Gasteiger partial charge < -0.3 is 10.6 Å². The van der Waals surface area contributed by atoms with Gasteiger partial charge in [0.15, 0.2) is 5.96 Å². The van der Waals surface area contributed by atoms with Gasteiger partial charge in [-0.3, -0.25) is 4.99 Å². The highest BCUT2D eigenvalue weighted by Crippen LogP contribution is 2.21. The Kier molecular flexibility index (Phi) is 8.60. The van der Waals surface area contributed by atoms with E-state index in [9.17, 15) is 8.42 Å². The summed E-state index contributed by atoms with van der Waals surface area (Å²) in [6.07, 6.45) is 1.89. The van der Waals surface area contributed by atoms with Crippen molar-refractivity contribution < 1.29 is 8.42 Å². The summed E-state index contributed by atoms with van der Waals surface area (Å²) in [6.45, 7) is 12.6. The van der Waals surface area contributed by atoms with Crippen LogP contribution in [0.2, 0.25) is 0 Å². The number of guanidine groups is 1. The van der Waals surface area contributed by atoms with Crippen LogP contribution in [0, 0.1) is 12.3 Å². The zero-order valence-electron chi connectivity index (χ0n) is 17.1. The van der Waals surface area contributed by atoms with Crippen LogP contribution in [0.4, 0.5) is 0 Å². The standard InChI is InChI=1S/C20H35N3O2S/c1-7-21-19(23-15-20(4,5)12-13-26(6,24)25)22-14-17(3)18-10-8-16(2)9-11-18/h8-11,17H,7,12-15H2,1-6H3,(H2,21,22,23). The Balaban J connectivity index is 2.63. The summed E-state index contributed by atoms with van der Waals surface area (Å²) in [5, 5.41) is 6.66. The van der Waals surface area contributed by atoms with Gasteiger partial charge in [-0.25, -0.2) is 8.42 Å². The Hall–Kier alpha value is -1.56. The second-order valence-corrected chi connectivity index (χ2v) is 10.2.